The lowest BCUT2D eigenvalue weighted by Crippen LogP contribution is -2.52. The third kappa shape index (κ3) is 5.26. The number of carbonyl (C=O) groups excluding carboxylic acids is 2. The van der Waals surface area contributed by atoms with E-state index in [9.17, 15) is 14.4 Å². The normalized spacial score (nSPS) is 13.7. The molecule has 0 aromatic carbocycles. The van der Waals surface area contributed by atoms with Crippen LogP contribution in [0.3, 0.4) is 0 Å². The van der Waals surface area contributed by atoms with Crippen LogP contribution in [0.15, 0.2) is 0 Å². The van der Waals surface area contributed by atoms with Gasteiger partial charge in [0.2, 0.25) is 11.8 Å². The van der Waals surface area contributed by atoms with Gasteiger partial charge >= 0.3 is 5.97 Å². The summed E-state index contributed by atoms with van der Waals surface area (Å²) in [5, 5.41) is 13.3. The molecule has 0 spiro atoms. The van der Waals surface area contributed by atoms with Crippen LogP contribution in [0.25, 0.3) is 0 Å². The summed E-state index contributed by atoms with van der Waals surface area (Å²) in [6.07, 6.45) is 0. The van der Waals surface area contributed by atoms with Crippen LogP contribution in [0.5, 0.6) is 0 Å². The Balaban J connectivity index is 4.40. The third-order valence-corrected chi connectivity index (χ3v) is 2.40. The van der Waals surface area contributed by atoms with Crippen molar-refractivity contribution in [2.24, 2.45) is 0 Å². The van der Waals surface area contributed by atoms with E-state index in [4.69, 9.17) is 5.11 Å². The fraction of sp³-hybridized carbons (Fsp3) is 0.625. The summed E-state index contributed by atoms with van der Waals surface area (Å²) in [5.41, 5.74) is 0. The molecule has 0 aliphatic rings. The molecular weight excluding hydrogens is 252 g/mol. The van der Waals surface area contributed by atoms with Crippen molar-refractivity contribution in [1.29, 1.82) is 0 Å². The fourth-order valence-electron chi connectivity index (χ4n) is 0.897. The van der Waals surface area contributed by atoms with Gasteiger partial charge in [0, 0.05) is 18.4 Å². The molecule has 0 bridgehead atoms. The zero-order valence-electron chi connectivity index (χ0n) is 8.64. The lowest BCUT2D eigenvalue weighted by Gasteiger charge is -2.18. The van der Waals surface area contributed by atoms with Crippen LogP contribution in [0.4, 0.5) is 0 Å². The average Bonchev–Trinajstić information content (AvgIpc) is 2.21. The number of amides is 2. The van der Waals surface area contributed by atoms with Gasteiger partial charge in [-0.05, 0) is 0 Å². The van der Waals surface area contributed by atoms with E-state index in [-0.39, 0.29) is 17.4 Å². The number of carbonyl (C=O) groups is 3. The van der Waals surface area contributed by atoms with Crippen molar-refractivity contribution in [2.75, 3.05) is 11.5 Å². The van der Waals surface area contributed by atoms with Crippen LogP contribution in [-0.4, -0.2) is 46.5 Å². The maximum absolute atomic E-state index is 11.5. The van der Waals surface area contributed by atoms with Crippen LogP contribution in [0.1, 0.15) is 6.92 Å². The van der Waals surface area contributed by atoms with Crippen molar-refractivity contribution >= 4 is 43.0 Å². The van der Waals surface area contributed by atoms with Crippen molar-refractivity contribution in [1.82, 2.24) is 10.6 Å². The second-order valence-electron chi connectivity index (χ2n) is 3.02. The van der Waals surface area contributed by atoms with Gasteiger partial charge in [-0.3, -0.25) is 9.59 Å². The van der Waals surface area contributed by atoms with E-state index >= 15 is 0 Å². The molecule has 6 nitrogen and oxygen atoms in total. The largest absolute Gasteiger partial charge is 0.480 e. The fourth-order valence-corrected chi connectivity index (χ4v) is 1.40. The quantitative estimate of drug-likeness (QED) is 0.395. The molecule has 2 unspecified atom stereocenters. The minimum atomic E-state index is -1.18. The molecule has 0 fully saturated rings. The highest BCUT2D eigenvalue weighted by atomic mass is 32.1. The predicted octanol–water partition coefficient (Wildman–Crippen LogP) is -1.08. The maximum atomic E-state index is 11.5. The summed E-state index contributed by atoms with van der Waals surface area (Å²) < 4.78 is 0. The summed E-state index contributed by atoms with van der Waals surface area (Å²) in [4.78, 5) is 32.9. The van der Waals surface area contributed by atoms with Gasteiger partial charge in [0.15, 0.2) is 0 Å². The molecule has 2 amide bonds. The topological polar surface area (TPSA) is 95.5 Å². The first kappa shape index (κ1) is 15.1. The van der Waals surface area contributed by atoms with E-state index in [0.29, 0.717) is 0 Å². The van der Waals surface area contributed by atoms with Crippen molar-refractivity contribution in [3.05, 3.63) is 0 Å². The zero-order chi connectivity index (χ0) is 12.7. The molecule has 0 aromatic rings. The minimum absolute atomic E-state index is 0.0273. The van der Waals surface area contributed by atoms with Gasteiger partial charge in [0.1, 0.15) is 12.1 Å². The number of rotatable bonds is 6. The highest BCUT2D eigenvalue weighted by Gasteiger charge is 2.23. The molecule has 0 aliphatic carbocycles. The molecule has 8 heteroatoms. The first-order chi connectivity index (χ1) is 7.42. The van der Waals surface area contributed by atoms with E-state index in [2.05, 4.69) is 35.9 Å². The molecule has 16 heavy (non-hydrogen) atoms. The van der Waals surface area contributed by atoms with E-state index in [1.54, 1.807) is 0 Å². The number of carboxylic acids is 1. The summed E-state index contributed by atoms with van der Waals surface area (Å²) in [6.45, 7) is 1.26. The number of hydrogen-bond donors (Lipinski definition) is 5. The molecule has 92 valence electrons. The second kappa shape index (κ2) is 7.39. The number of carboxylic acid groups (broad SMARTS) is 1. The van der Waals surface area contributed by atoms with Crippen molar-refractivity contribution < 1.29 is 19.5 Å². The highest BCUT2D eigenvalue weighted by Crippen LogP contribution is 1.93. The maximum Gasteiger partial charge on any atom is 0.327 e. The van der Waals surface area contributed by atoms with Crippen LogP contribution >= 0.6 is 25.3 Å². The molecule has 0 saturated carbocycles. The monoisotopic (exact) mass is 266 g/mol. The van der Waals surface area contributed by atoms with Crippen LogP contribution in [-0.2, 0) is 14.4 Å². The SMILES string of the molecule is CC(=O)NC(CS)C(=O)NC(CS)C(=O)O. The molecule has 0 aliphatic heterocycles. The van der Waals surface area contributed by atoms with Gasteiger partial charge in [-0.2, -0.15) is 25.3 Å². The van der Waals surface area contributed by atoms with Crippen LogP contribution < -0.4 is 10.6 Å². The van der Waals surface area contributed by atoms with Crippen molar-refractivity contribution in [2.45, 2.75) is 19.0 Å². The van der Waals surface area contributed by atoms with Gasteiger partial charge in [0.25, 0.3) is 0 Å². The van der Waals surface area contributed by atoms with Gasteiger partial charge < -0.3 is 15.7 Å². The zero-order valence-corrected chi connectivity index (χ0v) is 10.4. The molecule has 0 radical (unpaired) electrons. The Morgan fingerprint density at radius 1 is 1.12 bits per heavy atom. The Morgan fingerprint density at radius 2 is 1.62 bits per heavy atom. The molecular formula is C8H14N2O4S2. The molecule has 3 N–H and O–H groups in total. The Kier molecular flexibility index (Phi) is 6.98. The Labute approximate surface area is 104 Å². The molecule has 0 heterocycles. The lowest BCUT2D eigenvalue weighted by molar-refractivity contribution is -0.141. The molecule has 0 aromatic heterocycles. The van der Waals surface area contributed by atoms with Gasteiger partial charge in [-0.1, -0.05) is 0 Å². The van der Waals surface area contributed by atoms with E-state index < -0.39 is 24.0 Å². The molecule has 2 atom stereocenters. The standard InChI is InChI=1S/C8H14N2O4S2/c1-4(11)9-5(2-15)7(12)10-6(3-16)8(13)14/h5-6,15-16H,2-3H2,1H3,(H,9,11)(H,10,12)(H,13,14). The van der Waals surface area contributed by atoms with Crippen LogP contribution in [0.2, 0.25) is 0 Å². The highest BCUT2D eigenvalue weighted by molar-refractivity contribution is 7.80. The van der Waals surface area contributed by atoms with E-state index in [1.807, 2.05) is 0 Å². The summed E-state index contributed by atoms with van der Waals surface area (Å²) in [6, 6.07) is -1.92. The Bertz CT molecular complexity index is 285. The number of hydrogen-bond acceptors (Lipinski definition) is 5. The van der Waals surface area contributed by atoms with Gasteiger partial charge in [-0.25, -0.2) is 4.79 Å². The smallest absolute Gasteiger partial charge is 0.327 e. The van der Waals surface area contributed by atoms with Crippen LogP contribution in [0, 0.1) is 0 Å². The van der Waals surface area contributed by atoms with Gasteiger partial charge in [0.05, 0.1) is 0 Å². The average molecular weight is 266 g/mol. The second-order valence-corrected chi connectivity index (χ2v) is 3.75. The first-order valence-electron chi connectivity index (χ1n) is 4.44. The Hall–Kier alpha value is -0.890. The minimum Gasteiger partial charge on any atom is -0.480 e. The van der Waals surface area contributed by atoms with Crippen molar-refractivity contribution in [3.63, 3.8) is 0 Å². The first-order valence-corrected chi connectivity index (χ1v) is 5.70. The lowest BCUT2D eigenvalue weighted by atomic mass is 10.2. The summed E-state index contributed by atoms with van der Waals surface area (Å²) >= 11 is 7.69. The summed E-state index contributed by atoms with van der Waals surface area (Å²) in [5.74, 6) is -2.09. The third-order valence-electron chi connectivity index (χ3n) is 1.67. The van der Waals surface area contributed by atoms with Crippen molar-refractivity contribution in [3.8, 4) is 0 Å². The van der Waals surface area contributed by atoms with E-state index in [1.165, 1.54) is 6.92 Å². The number of thiol groups is 2. The molecule has 0 saturated heterocycles. The predicted molar refractivity (Wildman–Crippen MR) is 64.9 cm³/mol. The Morgan fingerprint density at radius 3 is 1.94 bits per heavy atom. The number of nitrogens with one attached hydrogen (secondary N) is 2. The number of aliphatic carboxylic acids is 1. The molecule has 0 rings (SSSR count). The van der Waals surface area contributed by atoms with Gasteiger partial charge in [-0.15, -0.1) is 0 Å². The van der Waals surface area contributed by atoms with E-state index in [0.717, 1.165) is 0 Å². The summed E-state index contributed by atoms with van der Waals surface area (Å²) in [7, 11) is 0.